The lowest BCUT2D eigenvalue weighted by atomic mass is 9.32. The molecule has 0 aromatic heterocycles. The van der Waals surface area contributed by atoms with Crippen LogP contribution in [0.25, 0.3) is 5.57 Å². The lowest BCUT2D eigenvalue weighted by Crippen LogP contribution is -2.65. The Labute approximate surface area is 238 Å². The number of phenols is 1. The van der Waals surface area contributed by atoms with E-state index in [-0.39, 0.29) is 10.8 Å². The molecule has 214 valence electrons. The molecular formula is C37H54O2. The van der Waals surface area contributed by atoms with Crippen LogP contribution in [0.2, 0.25) is 0 Å². The second-order valence-corrected chi connectivity index (χ2v) is 16.2. The summed E-state index contributed by atoms with van der Waals surface area (Å²) in [6, 6.07) is 5.94. The molecule has 4 fully saturated rings. The summed E-state index contributed by atoms with van der Waals surface area (Å²) < 4.78 is 0. The Morgan fingerprint density at radius 2 is 1.67 bits per heavy atom. The molecule has 2 heteroatoms. The van der Waals surface area contributed by atoms with Crippen molar-refractivity contribution in [3.05, 3.63) is 47.6 Å². The summed E-state index contributed by atoms with van der Waals surface area (Å²) >= 11 is 0. The monoisotopic (exact) mass is 530 g/mol. The van der Waals surface area contributed by atoms with Gasteiger partial charge in [0.25, 0.3) is 0 Å². The fourth-order valence-electron chi connectivity index (χ4n) is 12.6. The molecule has 0 amide bonds. The zero-order valence-corrected chi connectivity index (χ0v) is 25.9. The van der Waals surface area contributed by atoms with Crippen LogP contribution in [0.5, 0.6) is 5.75 Å². The molecule has 9 unspecified atom stereocenters. The molecular weight excluding hydrogens is 476 g/mol. The van der Waals surface area contributed by atoms with Gasteiger partial charge in [-0.15, -0.1) is 0 Å². The van der Waals surface area contributed by atoms with Crippen molar-refractivity contribution in [1.82, 2.24) is 0 Å². The third kappa shape index (κ3) is 3.49. The molecule has 2 nitrogen and oxygen atoms in total. The third-order valence-corrected chi connectivity index (χ3v) is 14.6. The number of aliphatic hydroxyl groups excluding tert-OH is 1. The van der Waals surface area contributed by atoms with Crippen molar-refractivity contribution in [2.45, 2.75) is 106 Å². The molecule has 4 saturated carbocycles. The highest BCUT2D eigenvalue weighted by Crippen LogP contribution is 2.77. The first-order valence-electron chi connectivity index (χ1n) is 16.0. The lowest BCUT2D eigenvalue weighted by molar-refractivity contribution is -0.228. The average molecular weight is 531 g/mol. The Bertz CT molecular complexity index is 1210. The predicted molar refractivity (Wildman–Crippen MR) is 162 cm³/mol. The maximum atomic E-state index is 10.8. The number of aromatic hydroxyl groups is 1. The van der Waals surface area contributed by atoms with Crippen molar-refractivity contribution in [3.63, 3.8) is 0 Å². The number of benzene rings is 1. The van der Waals surface area contributed by atoms with Gasteiger partial charge < -0.3 is 10.2 Å². The van der Waals surface area contributed by atoms with Gasteiger partial charge in [-0.3, -0.25) is 0 Å². The highest BCUT2D eigenvalue weighted by atomic mass is 16.3. The van der Waals surface area contributed by atoms with Crippen molar-refractivity contribution >= 4 is 5.57 Å². The molecule has 5 aliphatic carbocycles. The molecule has 0 saturated heterocycles. The van der Waals surface area contributed by atoms with Gasteiger partial charge in [-0.05, 0) is 157 Å². The van der Waals surface area contributed by atoms with Crippen LogP contribution in [0, 0.1) is 63.6 Å². The Kier molecular flexibility index (Phi) is 6.18. The quantitative estimate of drug-likeness (QED) is 0.382. The number of aryl methyl sites for hydroxylation is 1. The molecule has 2 N–H and O–H groups in total. The third-order valence-electron chi connectivity index (χ3n) is 14.6. The standard InChI is InChI=1S/C37H54O2/c1-23(2)26-13-18-37(22-38)20-19-35(7)29(32(26)37)11-12-31-34(6)16-14-28(27-10-9-25(39)21-24(27)3)33(4,5)30(34)15-17-36(31,35)8/h9-10,14,21,26,29-32,38-39H,1,11-13,15-20,22H2,2-8H3. The molecule has 5 aliphatic rings. The molecule has 6 rings (SSSR count). The normalized spacial score (nSPS) is 46.4. The van der Waals surface area contributed by atoms with Crippen LogP contribution in [0.4, 0.5) is 0 Å². The second-order valence-electron chi connectivity index (χ2n) is 16.2. The number of aliphatic hydroxyl groups is 1. The SMILES string of the molecule is C=C(C)C1CCC2(CO)CCC3(C)C(CCC4C5(C)CC=C(c6ccc(O)cc6C)C(C)(C)C5CCC43C)C12. The molecule has 0 radical (unpaired) electrons. The van der Waals surface area contributed by atoms with Crippen LogP contribution in [0.3, 0.4) is 0 Å². The number of phenolic OH excluding ortho intramolecular Hbond substituents is 1. The Morgan fingerprint density at radius 1 is 0.923 bits per heavy atom. The molecule has 0 spiro atoms. The van der Waals surface area contributed by atoms with E-state index < -0.39 is 0 Å². The summed E-state index contributed by atoms with van der Waals surface area (Å²) in [6.07, 6.45) is 13.9. The van der Waals surface area contributed by atoms with Crippen molar-refractivity contribution < 1.29 is 10.2 Å². The van der Waals surface area contributed by atoms with Crippen molar-refractivity contribution in [3.8, 4) is 5.75 Å². The predicted octanol–water partition coefficient (Wildman–Crippen LogP) is 9.34. The summed E-state index contributed by atoms with van der Waals surface area (Å²) in [4.78, 5) is 0. The summed E-state index contributed by atoms with van der Waals surface area (Å²) in [5.41, 5.74) is 6.55. The van der Waals surface area contributed by atoms with Gasteiger partial charge in [-0.2, -0.15) is 0 Å². The van der Waals surface area contributed by atoms with Gasteiger partial charge in [0, 0.05) is 6.61 Å². The van der Waals surface area contributed by atoms with Gasteiger partial charge in [-0.1, -0.05) is 58.9 Å². The molecule has 0 bridgehead atoms. The summed E-state index contributed by atoms with van der Waals surface area (Å²) in [5.74, 6) is 3.64. The van der Waals surface area contributed by atoms with E-state index in [1.54, 1.807) is 0 Å². The van der Waals surface area contributed by atoms with Gasteiger partial charge in [0.05, 0.1) is 0 Å². The zero-order chi connectivity index (χ0) is 28.2. The van der Waals surface area contributed by atoms with E-state index in [0.717, 1.165) is 12.3 Å². The smallest absolute Gasteiger partial charge is 0.115 e. The van der Waals surface area contributed by atoms with Crippen LogP contribution in [0.15, 0.2) is 36.4 Å². The van der Waals surface area contributed by atoms with Crippen molar-refractivity contribution in [2.24, 2.45) is 56.7 Å². The van der Waals surface area contributed by atoms with E-state index in [1.165, 1.54) is 73.6 Å². The van der Waals surface area contributed by atoms with E-state index in [2.05, 4.69) is 67.2 Å². The number of rotatable bonds is 3. The van der Waals surface area contributed by atoms with E-state index in [4.69, 9.17) is 0 Å². The number of hydrogen-bond donors (Lipinski definition) is 2. The Morgan fingerprint density at radius 3 is 2.33 bits per heavy atom. The topological polar surface area (TPSA) is 40.5 Å². The highest BCUT2D eigenvalue weighted by Gasteiger charge is 2.70. The molecule has 1 aromatic rings. The minimum Gasteiger partial charge on any atom is -0.508 e. The fraction of sp³-hybridized carbons (Fsp3) is 0.730. The fourth-order valence-corrected chi connectivity index (χ4v) is 12.6. The number of fused-ring (bicyclic) bond motifs is 7. The van der Waals surface area contributed by atoms with Crippen LogP contribution in [-0.4, -0.2) is 16.8 Å². The molecule has 1 aromatic carbocycles. The largest absolute Gasteiger partial charge is 0.508 e. The van der Waals surface area contributed by atoms with Gasteiger partial charge in [0.1, 0.15) is 5.75 Å². The average Bonchev–Trinajstić information content (AvgIpc) is 3.26. The molecule has 0 aliphatic heterocycles. The minimum absolute atomic E-state index is 0.100. The zero-order valence-electron chi connectivity index (χ0n) is 25.9. The van der Waals surface area contributed by atoms with Crippen LogP contribution in [-0.2, 0) is 0 Å². The Hall–Kier alpha value is -1.54. The minimum atomic E-state index is 0.100. The lowest BCUT2D eigenvalue weighted by Gasteiger charge is -2.72. The first-order chi connectivity index (χ1) is 18.2. The maximum Gasteiger partial charge on any atom is 0.115 e. The van der Waals surface area contributed by atoms with E-state index in [1.807, 2.05) is 12.1 Å². The van der Waals surface area contributed by atoms with Gasteiger partial charge in [0.2, 0.25) is 0 Å². The maximum absolute atomic E-state index is 10.8. The van der Waals surface area contributed by atoms with Crippen molar-refractivity contribution in [1.29, 1.82) is 0 Å². The van der Waals surface area contributed by atoms with Crippen LogP contribution >= 0.6 is 0 Å². The van der Waals surface area contributed by atoms with Gasteiger partial charge in [-0.25, -0.2) is 0 Å². The molecule has 0 heterocycles. The van der Waals surface area contributed by atoms with Crippen LogP contribution < -0.4 is 0 Å². The Balaban J connectivity index is 1.39. The molecule has 39 heavy (non-hydrogen) atoms. The van der Waals surface area contributed by atoms with E-state index >= 15 is 0 Å². The highest BCUT2D eigenvalue weighted by molar-refractivity contribution is 5.74. The van der Waals surface area contributed by atoms with Crippen molar-refractivity contribution in [2.75, 3.05) is 6.61 Å². The summed E-state index contributed by atoms with van der Waals surface area (Å²) in [5, 5.41) is 20.8. The summed E-state index contributed by atoms with van der Waals surface area (Å²) in [6.45, 7) is 22.3. The number of hydrogen-bond acceptors (Lipinski definition) is 2. The van der Waals surface area contributed by atoms with E-state index in [0.29, 0.717) is 52.3 Å². The first-order valence-corrected chi connectivity index (χ1v) is 16.0. The number of allylic oxidation sites excluding steroid dienone is 3. The summed E-state index contributed by atoms with van der Waals surface area (Å²) in [7, 11) is 0. The first kappa shape index (κ1) is 27.6. The van der Waals surface area contributed by atoms with Gasteiger partial charge >= 0.3 is 0 Å². The van der Waals surface area contributed by atoms with E-state index in [9.17, 15) is 10.2 Å². The second kappa shape index (κ2) is 8.73. The molecule has 9 atom stereocenters. The van der Waals surface area contributed by atoms with Crippen LogP contribution in [0.1, 0.15) is 110 Å². The van der Waals surface area contributed by atoms with Gasteiger partial charge in [0.15, 0.2) is 0 Å².